The summed E-state index contributed by atoms with van der Waals surface area (Å²) < 4.78 is 12.6. The van der Waals surface area contributed by atoms with Gasteiger partial charge in [0.2, 0.25) is 5.76 Å². The zero-order chi connectivity index (χ0) is 26.1. The van der Waals surface area contributed by atoms with E-state index in [1.165, 1.54) is 6.92 Å². The number of halogens is 1. The molecule has 1 unspecified atom stereocenters. The molecule has 1 aliphatic heterocycles. The van der Waals surface area contributed by atoms with Crippen molar-refractivity contribution in [3.8, 4) is 5.75 Å². The highest BCUT2D eigenvalue weighted by atomic mass is 79.9. The molecule has 5 rings (SSSR count). The van der Waals surface area contributed by atoms with Crippen LogP contribution in [0.2, 0.25) is 0 Å². The standard InChI is InChI=1S/C30H26BrNO5/c1-3-4-5-16-36-23-13-8-20(9-14-23)27-26-28(34)24-17-21(31)10-15-25(24)37-29(26)30(35)32(27)22-11-6-19(7-12-22)18(2)33/h6-15,17,27H,3-5,16H2,1-2H3. The second kappa shape index (κ2) is 10.3. The molecule has 7 heteroatoms. The summed E-state index contributed by atoms with van der Waals surface area (Å²) in [5.41, 5.74) is 2.25. The van der Waals surface area contributed by atoms with Gasteiger partial charge >= 0.3 is 0 Å². The Balaban J connectivity index is 1.62. The van der Waals surface area contributed by atoms with Gasteiger partial charge in [-0.15, -0.1) is 0 Å². The van der Waals surface area contributed by atoms with E-state index in [9.17, 15) is 14.4 Å². The lowest BCUT2D eigenvalue weighted by molar-refractivity contribution is 0.0970. The summed E-state index contributed by atoms with van der Waals surface area (Å²) in [6, 6.07) is 18.7. The lowest BCUT2D eigenvalue weighted by atomic mass is 9.98. The Bertz CT molecular complexity index is 1540. The molecule has 1 amide bonds. The maximum Gasteiger partial charge on any atom is 0.295 e. The Morgan fingerprint density at radius 2 is 1.73 bits per heavy atom. The largest absolute Gasteiger partial charge is 0.494 e. The van der Waals surface area contributed by atoms with Crippen molar-refractivity contribution in [2.24, 2.45) is 0 Å². The quantitative estimate of drug-likeness (QED) is 0.170. The van der Waals surface area contributed by atoms with Crippen molar-refractivity contribution in [2.75, 3.05) is 11.5 Å². The van der Waals surface area contributed by atoms with Gasteiger partial charge in [0.1, 0.15) is 11.3 Å². The average molecular weight is 560 g/mol. The molecule has 0 spiro atoms. The minimum Gasteiger partial charge on any atom is -0.494 e. The van der Waals surface area contributed by atoms with Gasteiger partial charge in [-0.2, -0.15) is 0 Å². The van der Waals surface area contributed by atoms with E-state index in [1.54, 1.807) is 47.4 Å². The van der Waals surface area contributed by atoms with E-state index >= 15 is 0 Å². The van der Waals surface area contributed by atoms with Crippen molar-refractivity contribution in [3.63, 3.8) is 0 Å². The number of Topliss-reactive ketones (excluding diaryl/α,β-unsaturated/α-hetero) is 1. The van der Waals surface area contributed by atoms with Gasteiger partial charge in [0, 0.05) is 15.7 Å². The predicted octanol–water partition coefficient (Wildman–Crippen LogP) is 7.08. The summed E-state index contributed by atoms with van der Waals surface area (Å²) >= 11 is 3.42. The second-order valence-corrected chi connectivity index (χ2v) is 10.0. The van der Waals surface area contributed by atoms with Crippen LogP contribution in [0.1, 0.15) is 71.2 Å². The Kier molecular flexibility index (Phi) is 6.98. The lowest BCUT2D eigenvalue weighted by Gasteiger charge is -2.25. The van der Waals surface area contributed by atoms with Gasteiger partial charge in [-0.05, 0) is 73.5 Å². The third-order valence-electron chi connectivity index (χ3n) is 6.60. The number of anilines is 1. The maximum absolute atomic E-state index is 13.8. The monoisotopic (exact) mass is 559 g/mol. The molecule has 6 nitrogen and oxygen atoms in total. The number of carbonyl (C=O) groups is 2. The number of benzene rings is 3. The molecular weight excluding hydrogens is 534 g/mol. The summed E-state index contributed by atoms with van der Waals surface area (Å²) in [5.74, 6) is 0.288. The van der Waals surface area contributed by atoms with Crippen LogP contribution in [0.15, 0.2) is 80.4 Å². The van der Waals surface area contributed by atoms with Crippen LogP contribution in [0, 0.1) is 0 Å². The summed E-state index contributed by atoms with van der Waals surface area (Å²) in [6.07, 6.45) is 3.21. The normalized spacial score (nSPS) is 14.7. The highest BCUT2D eigenvalue weighted by Gasteiger charge is 2.43. The van der Waals surface area contributed by atoms with Gasteiger partial charge in [0.05, 0.1) is 23.6 Å². The van der Waals surface area contributed by atoms with Crippen molar-refractivity contribution in [3.05, 3.63) is 104 Å². The van der Waals surface area contributed by atoms with Crippen LogP contribution in [0.25, 0.3) is 11.0 Å². The van der Waals surface area contributed by atoms with Crippen molar-refractivity contribution in [1.29, 1.82) is 0 Å². The Hall–Kier alpha value is -3.71. The zero-order valence-corrected chi connectivity index (χ0v) is 22.2. The summed E-state index contributed by atoms with van der Waals surface area (Å²) in [5, 5.41) is 0.399. The third kappa shape index (κ3) is 4.71. The van der Waals surface area contributed by atoms with Crippen molar-refractivity contribution in [1.82, 2.24) is 0 Å². The van der Waals surface area contributed by atoms with Crippen molar-refractivity contribution < 1.29 is 18.7 Å². The van der Waals surface area contributed by atoms with E-state index in [1.807, 2.05) is 24.3 Å². The van der Waals surface area contributed by atoms with Crippen LogP contribution >= 0.6 is 15.9 Å². The number of hydrogen-bond acceptors (Lipinski definition) is 5. The molecule has 4 aromatic rings. The van der Waals surface area contributed by atoms with E-state index in [0.29, 0.717) is 34.4 Å². The van der Waals surface area contributed by atoms with Crippen LogP contribution in [-0.4, -0.2) is 18.3 Å². The molecule has 0 bridgehead atoms. The molecule has 3 aromatic carbocycles. The van der Waals surface area contributed by atoms with Crippen LogP contribution in [-0.2, 0) is 0 Å². The van der Waals surface area contributed by atoms with Gasteiger partial charge in [-0.25, -0.2) is 0 Å². The molecule has 0 radical (unpaired) electrons. The molecule has 0 aliphatic carbocycles. The van der Waals surface area contributed by atoms with Crippen molar-refractivity contribution in [2.45, 2.75) is 39.2 Å². The van der Waals surface area contributed by atoms with Crippen LogP contribution in [0.5, 0.6) is 5.75 Å². The number of carbonyl (C=O) groups excluding carboxylic acids is 2. The topological polar surface area (TPSA) is 76.8 Å². The minimum absolute atomic E-state index is 0.0281. The molecule has 1 aromatic heterocycles. The number of amides is 1. The number of rotatable bonds is 8. The molecule has 0 saturated carbocycles. The Labute approximate surface area is 223 Å². The molecule has 1 atom stereocenters. The molecule has 0 fully saturated rings. The van der Waals surface area contributed by atoms with Gasteiger partial charge in [0.25, 0.3) is 5.91 Å². The average Bonchev–Trinajstić information content (AvgIpc) is 3.20. The summed E-state index contributed by atoms with van der Waals surface area (Å²) in [6.45, 7) is 4.28. The molecular formula is C30H26BrNO5. The number of ether oxygens (including phenoxy) is 1. The molecule has 0 saturated heterocycles. The SMILES string of the molecule is CCCCCOc1ccc(C2c3c(oc4ccc(Br)cc4c3=O)C(=O)N2c2ccc(C(C)=O)cc2)cc1. The van der Waals surface area contributed by atoms with E-state index in [2.05, 4.69) is 22.9 Å². The first-order valence-electron chi connectivity index (χ1n) is 12.3. The first-order chi connectivity index (χ1) is 17.9. The van der Waals surface area contributed by atoms with E-state index in [4.69, 9.17) is 9.15 Å². The first-order valence-corrected chi connectivity index (χ1v) is 13.1. The Morgan fingerprint density at radius 3 is 2.41 bits per heavy atom. The van der Waals surface area contributed by atoms with E-state index in [0.717, 1.165) is 35.0 Å². The number of hydrogen-bond donors (Lipinski definition) is 0. The maximum atomic E-state index is 13.8. The highest BCUT2D eigenvalue weighted by Crippen LogP contribution is 2.41. The molecule has 1 aliphatic rings. The molecule has 37 heavy (non-hydrogen) atoms. The fourth-order valence-corrected chi connectivity index (χ4v) is 5.03. The van der Waals surface area contributed by atoms with Crippen molar-refractivity contribution >= 4 is 44.3 Å². The number of unbranched alkanes of at least 4 members (excludes halogenated alkanes) is 2. The van der Waals surface area contributed by atoms with Crippen LogP contribution in [0.4, 0.5) is 5.69 Å². The van der Waals surface area contributed by atoms with Gasteiger partial charge in [-0.1, -0.05) is 47.8 Å². The third-order valence-corrected chi connectivity index (χ3v) is 7.09. The minimum atomic E-state index is -0.695. The number of fused-ring (bicyclic) bond motifs is 2. The first kappa shape index (κ1) is 25.0. The summed E-state index contributed by atoms with van der Waals surface area (Å²) in [7, 11) is 0. The fraction of sp³-hybridized carbons (Fsp3) is 0.233. The second-order valence-electron chi connectivity index (χ2n) is 9.12. The molecule has 0 N–H and O–H groups in total. The van der Waals surface area contributed by atoms with E-state index in [-0.39, 0.29) is 17.0 Å². The van der Waals surface area contributed by atoms with Gasteiger partial charge in [-0.3, -0.25) is 19.3 Å². The predicted molar refractivity (Wildman–Crippen MR) is 147 cm³/mol. The van der Waals surface area contributed by atoms with Gasteiger partial charge in [0.15, 0.2) is 11.2 Å². The van der Waals surface area contributed by atoms with Crippen LogP contribution < -0.4 is 15.1 Å². The zero-order valence-electron chi connectivity index (χ0n) is 20.6. The van der Waals surface area contributed by atoms with Crippen LogP contribution in [0.3, 0.4) is 0 Å². The lowest BCUT2D eigenvalue weighted by Crippen LogP contribution is -2.29. The highest BCUT2D eigenvalue weighted by molar-refractivity contribution is 9.10. The Morgan fingerprint density at radius 1 is 1.00 bits per heavy atom. The summed E-state index contributed by atoms with van der Waals surface area (Å²) in [4.78, 5) is 40.9. The van der Waals surface area contributed by atoms with Gasteiger partial charge < -0.3 is 9.15 Å². The molecule has 188 valence electrons. The number of ketones is 1. The molecule has 2 heterocycles. The smallest absolute Gasteiger partial charge is 0.295 e. The fourth-order valence-electron chi connectivity index (χ4n) is 4.67. The van der Waals surface area contributed by atoms with E-state index < -0.39 is 11.9 Å². The number of nitrogens with zero attached hydrogens (tertiary/aromatic N) is 1.